The van der Waals surface area contributed by atoms with Gasteiger partial charge in [-0.3, -0.25) is 9.78 Å². The van der Waals surface area contributed by atoms with E-state index in [0.717, 1.165) is 4.73 Å². The van der Waals surface area contributed by atoms with Gasteiger partial charge < -0.3 is 4.84 Å². The van der Waals surface area contributed by atoms with Crippen LogP contribution in [0.2, 0.25) is 0 Å². The number of H-pyrrole nitrogens is 1. The maximum atomic E-state index is 11.3. The van der Waals surface area contributed by atoms with Crippen LogP contribution >= 0.6 is 0 Å². The second kappa shape index (κ2) is 3.02. The van der Waals surface area contributed by atoms with Crippen LogP contribution in [0.4, 0.5) is 0 Å². The van der Waals surface area contributed by atoms with E-state index in [2.05, 4.69) is 4.98 Å². The number of hydrogen-bond acceptors (Lipinski definition) is 3. The predicted octanol–water partition coefficient (Wildman–Crippen LogP) is -0.252. The Morgan fingerprint density at radius 1 is 1.29 bits per heavy atom. The summed E-state index contributed by atoms with van der Waals surface area (Å²) >= 11 is 0. The first kappa shape index (κ1) is 8.55. The zero-order chi connectivity index (χ0) is 10.1. The first-order chi connectivity index (χ1) is 6.74. The molecule has 0 aliphatic rings. The average Bonchev–Trinajstić information content (AvgIpc) is 2.18. The summed E-state index contributed by atoms with van der Waals surface area (Å²) in [7, 11) is 1.37. The molecule has 1 N–H and O–H groups in total. The third-order valence-electron chi connectivity index (χ3n) is 1.95. The number of hydrogen-bond donors (Lipinski definition) is 1. The number of benzene rings is 1. The Morgan fingerprint density at radius 2 is 2.00 bits per heavy atom. The smallest absolute Gasteiger partial charge is 0.361 e. The van der Waals surface area contributed by atoms with E-state index in [9.17, 15) is 9.59 Å². The fraction of sp³-hybridized carbons (Fsp3) is 0.111. The molecule has 0 bridgehead atoms. The fourth-order valence-electron chi connectivity index (χ4n) is 1.35. The molecule has 5 heteroatoms. The zero-order valence-electron chi connectivity index (χ0n) is 7.48. The Balaban J connectivity index is 3.06. The molecular weight excluding hydrogens is 184 g/mol. The van der Waals surface area contributed by atoms with E-state index in [1.165, 1.54) is 7.11 Å². The Hall–Kier alpha value is -2.04. The first-order valence-electron chi connectivity index (χ1n) is 4.02. The molecule has 0 aliphatic heterocycles. The van der Waals surface area contributed by atoms with Crippen LogP contribution in [-0.2, 0) is 0 Å². The molecular formula is C9H8N2O3. The van der Waals surface area contributed by atoms with Gasteiger partial charge in [0.25, 0.3) is 5.56 Å². The highest BCUT2D eigenvalue weighted by atomic mass is 16.7. The van der Waals surface area contributed by atoms with Crippen LogP contribution in [0.5, 0.6) is 0 Å². The minimum Gasteiger partial charge on any atom is -0.412 e. The van der Waals surface area contributed by atoms with Gasteiger partial charge in [0.05, 0.1) is 10.9 Å². The number of rotatable bonds is 1. The van der Waals surface area contributed by atoms with E-state index in [1.807, 2.05) is 0 Å². The Kier molecular flexibility index (Phi) is 1.85. The van der Waals surface area contributed by atoms with Crippen molar-refractivity contribution in [2.45, 2.75) is 0 Å². The molecule has 5 nitrogen and oxygen atoms in total. The first-order valence-corrected chi connectivity index (χ1v) is 4.02. The quantitative estimate of drug-likeness (QED) is 0.677. The summed E-state index contributed by atoms with van der Waals surface area (Å²) in [5.74, 6) is 0. The number of aromatic amines is 1. The lowest BCUT2D eigenvalue weighted by molar-refractivity contribution is 0.165. The highest BCUT2D eigenvalue weighted by Gasteiger charge is 2.05. The molecule has 2 rings (SSSR count). The predicted molar refractivity (Wildman–Crippen MR) is 51.3 cm³/mol. The van der Waals surface area contributed by atoms with Crippen molar-refractivity contribution < 1.29 is 4.84 Å². The molecule has 0 fully saturated rings. The SMILES string of the molecule is COn1c(=O)[nH]c(=O)c2ccccc21. The van der Waals surface area contributed by atoms with Gasteiger partial charge >= 0.3 is 5.69 Å². The molecule has 0 atom stereocenters. The van der Waals surface area contributed by atoms with E-state index >= 15 is 0 Å². The lowest BCUT2D eigenvalue weighted by Gasteiger charge is -2.05. The third kappa shape index (κ3) is 1.10. The second-order valence-electron chi connectivity index (χ2n) is 2.75. The molecule has 72 valence electrons. The molecule has 0 saturated heterocycles. The van der Waals surface area contributed by atoms with Crippen molar-refractivity contribution in [3.05, 3.63) is 45.1 Å². The van der Waals surface area contributed by atoms with Crippen molar-refractivity contribution in [2.75, 3.05) is 7.11 Å². The highest BCUT2D eigenvalue weighted by Crippen LogP contribution is 2.04. The van der Waals surface area contributed by atoms with Crippen molar-refractivity contribution in [3.63, 3.8) is 0 Å². The Bertz CT molecular complexity index is 582. The molecule has 0 saturated carbocycles. The van der Waals surface area contributed by atoms with Crippen LogP contribution < -0.4 is 16.1 Å². The van der Waals surface area contributed by atoms with Crippen molar-refractivity contribution in [3.8, 4) is 0 Å². The Morgan fingerprint density at radius 3 is 2.71 bits per heavy atom. The molecule has 0 aliphatic carbocycles. The van der Waals surface area contributed by atoms with Gasteiger partial charge in [0.2, 0.25) is 0 Å². The van der Waals surface area contributed by atoms with Crippen molar-refractivity contribution in [2.24, 2.45) is 0 Å². The number of nitrogens with one attached hydrogen (secondary N) is 1. The zero-order valence-corrected chi connectivity index (χ0v) is 7.48. The minimum atomic E-state index is -0.573. The van der Waals surface area contributed by atoms with Crippen LogP contribution in [0.1, 0.15) is 0 Å². The minimum absolute atomic E-state index is 0.404. The summed E-state index contributed by atoms with van der Waals surface area (Å²) in [6.07, 6.45) is 0. The molecule has 1 aromatic carbocycles. The van der Waals surface area contributed by atoms with Gasteiger partial charge in [0.1, 0.15) is 7.11 Å². The monoisotopic (exact) mass is 192 g/mol. The second-order valence-corrected chi connectivity index (χ2v) is 2.75. The van der Waals surface area contributed by atoms with Gasteiger partial charge in [-0.2, -0.15) is 0 Å². The van der Waals surface area contributed by atoms with E-state index in [-0.39, 0.29) is 0 Å². The van der Waals surface area contributed by atoms with Crippen LogP contribution in [0.15, 0.2) is 33.9 Å². The van der Waals surface area contributed by atoms with Crippen LogP contribution in [0.25, 0.3) is 10.9 Å². The standard InChI is InChI=1S/C9H8N2O3/c1-14-11-7-5-3-2-4-6(7)8(12)10-9(11)13/h2-5H,1H3,(H,10,12,13). The normalized spacial score (nSPS) is 10.4. The van der Waals surface area contributed by atoms with Crippen molar-refractivity contribution in [1.82, 2.24) is 9.71 Å². The van der Waals surface area contributed by atoms with Crippen LogP contribution in [0.3, 0.4) is 0 Å². The largest absolute Gasteiger partial charge is 0.412 e. The van der Waals surface area contributed by atoms with Gasteiger partial charge in [0, 0.05) is 0 Å². The Labute approximate surface area is 78.5 Å². The molecule has 1 heterocycles. The van der Waals surface area contributed by atoms with E-state index < -0.39 is 11.2 Å². The average molecular weight is 192 g/mol. The van der Waals surface area contributed by atoms with Gasteiger partial charge in [-0.25, -0.2) is 4.79 Å². The summed E-state index contributed by atoms with van der Waals surface area (Å²) in [6, 6.07) is 6.73. The van der Waals surface area contributed by atoms with Crippen molar-refractivity contribution >= 4 is 10.9 Å². The van der Waals surface area contributed by atoms with E-state index in [1.54, 1.807) is 24.3 Å². The topological polar surface area (TPSA) is 64.1 Å². The lowest BCUT2D eigenvalue weighted by atomic mass is 10.2. The number of nitrogens with zero attached hydrogens (tertiary/aromatic N) is 1. The van der Waals surface area contributed by atoms with E-state index in [4.69, 9.17) is 4.84 Å². The summed E-state index contributed by atoms with van der Waals surface area (Å²) in [4.78, 5) is 29.6. The van der Waals surface area contributed by atoms with Crippen LogP contribution in [0, 0.1) is 0 Å². The third-order valence-corrected chi connectivity index (χ3v) is 1.95. The molecule has 14 heavy (non-hydrogen) atoms. The summed E-state index contributed by atoms with van der Waals surface area (Å²) in [5.41, 5.74) is -0.515. The molecule has 0 unspecified atom stereocenters. The maximum Gasteiger partial charge on any atom is 0.361 e. The van der Waals surface area contributed by atoms with Crippen molar-refractivity contribution in [1.29, 1.82) is 0 Å². The molecule has 0 radical (unpaired) electrons. The van der Waals surface area contributed by atoms with Crippen LogP contribution in [-0.4, -0.2) is 16.8 Å². The molecule has 2 aromatic rings. The van der Waals surface area contributed by atoms with Gasteiger partial charge in [-0.1, -0.05) is 12.1 Å². The molecule has 1 aromatic heterocycles. The van der Waals surface area contributed by atoms with Gasteiger partial charge in [-0.05, 0) is 12.1 Å². The van der Waals surface area contributed by atoms with E-state index in [0.29, 0.717) is 10.9 Å². The molecule has 0 spiro atoms. The molecule has 0 amide bonds. The summed E-state index contributed by atoms with van der Waals surface area (Å²) in [6.45, 7) is 0. The highest BCUT2D eigenvalue weighted by molar-refractivity contribution is 5.77. The number of aromatic nitrogens is 2. The maximum absolute atomic E-state index is 11.3. The fourth-order valence-corrected chi connectivity index (χ4v) is 1.35. The lowest BCUT2D eigenvalue weighted by Crippen LogP contribution is -2.33. The number of para-hydroxylation sites is 1. The summed E-state index contributed by atoms with van der Waals surface area (Å²) < 4.78 is 1.04. The van der Waals surface area contributed by atoms with Gasteiger partial charge in [-0.15, -0.1) is 4.73 Å². The number of fused-ring (bicyclic) bond motifs is 1. The summed E-state index contributed by atoms with van der Waals surface area (Å²) in [5, 5.41) is 0.425. The van der Waals surface area contributed by atoms with Gasteiger partial charge in [0.15, 0.2) is 0 Å².